The van der Waals surface area contributed by atoms with Crippen molar-refractivity contribution in [2.24, 2.45) is 0 Å². The summed E-state index contributed by atoms with van der Waals surface area (Å²) in [5.74, 6) is 1.25. The van der Waals surface area contributed by atoms with Crippen molar-refractivity contribution in [3.05, 3.63) is 222 Å². The van der Waals surface area contributed by atoms with E-state index in [-0.39, 0.29) is 21.1 Å². The summed E-state index contributed by atoms with van der Waals surface area (Å²) in [6.07, 6.45) is 1.94. The van der Waals surface area contributed by atoms with Gasteiger partial charge in [-0.1, -0.05) is 140 Å². The molecule has 0 aliphatic carbocycles. The molecule has 0 saturated carbocycles. The van der Waals surface area contributed by atoms with E-state index < -0.39 is 5.41 Å². The van der Waals surface area contributed by atoms with Gasteiger partial charge < -0.3 is 14.4 Å². The minimum absolute atomic E-state index is 0. The Balaban J connectivity index is 0.00000436. The van der Waals surface area contributed by atoms with Gasteiger partial charge in [0.25, 0.3) is 0 Å². The van der Waals surface area contributed by atoms with Gasteiger partial charge in [0.2, 0.25) is 0 Å². The second-order valence-corrected chi connectivity index (χ2v) is 15.3. The Hall–Kier alpha value is -6.22. The molecular weight excluding hydrogens is 888 g/mol. The van der Waals surface area contributed by atoms with Gasteiger partial charge in [-0.2, -0.15) is 36.4 Å². The molecule has 3 heterocycles. The molecule has 58 heavy (non-hydrogen) atoms. The zero-order chi connectivity index (χ0) is 38.5. The molecule has 0 bridgehead atoms. The molecule has 1 aliphatic heterocycles. The summed E-state index contributed by atoms with van der Waals surface area (Å²) in [5.41, 5.74) is 12.8. The molecule has 284 valence electrons. The van der Waals surface area contributed by atoms with Gasteiger partial charge in [0, 0.05) is 24.2 Å². The molecule has 0 saturated heterocycles. The number of pyridine rings is 1. The Bertz CT molecular complexity index is 2860. The van der Waals surface area contributed by atoms with Gasteiger partial charge in [-0.15, -0.1) is 22.6 Å². The van der Waals surface area contributed by atoms with Gasteiger partial charge in [-0.25, -0.2) is 4.98 Å². The van der Waals surface area contributed by atoms with Crippen LogP contribution in [0.2, 0.25) is 0 Å². The van der Waals surface area contributed by atoms with Crippen LogP contribution in [0.5, 0.6) is 0 Å². The van der Waals surface area contributed by atoms with E-state index in [0.29, 0.717) is 5.92 Å². The third-order valence-electron chi connectivity index (χ3n) is 11.7. The first-order valence-corrected chi connectivity index (χ1v) is 19.8. The van der Waals surface area contributed by atoms with Gasteiger partial charge in [0.15, 0.2) is 0 Å². The molecule has 7 aromatic carbocycles. The zero-order valence-corrected chi connectivity index (χ0v) is 35.0. The van der Waals surface area contributed by atoms with E-state index in [0.717, 1.165) is 62.4 Å². The molecule has 2 aromatic heterocycles. The number of rotatable bonds is 8. The predicted octanol–water partition coefficient (Wildman–Crippen LogP) is 12.5. The van der Waals surface area contributed by atoms with Crippen LogP contribution in [0.4, 0.5) is 17.1 Å². The fraction of sp³-hybridized carbons (Fsp3) is 0.113. The van der Waals surface area contributed by atoms with Crippen LogP contribution in [-0.4, -0.2) is 23.3 Å². The smallest absolute Gasteiger partial charge is 0.355 e. The Kier molecular flexibility index (Phi) is 9.84. The minimum Gasteiger partial charge on any atom is -0.355 e. The van der Waals surface area contributed by atoms with Crippen LogP contribution in [0.3, 0.4) is 0 Å². The Morgan fingerprint density at radius 1 is 0.603 bits per heavy atom. The molecule has 0 spiro atoms. The molecule has 0 atom stereocenters. The van der Waals surface area contributed by atoms with Crippen molar-refractivity contribution < 1.29 is 21.1 Å². The Morgan fingerprint density at radius 2 is 1.26 bits per heavy atom. The van der Waals surface area contributed by atoms with E-state index in [9.17, 15) is 0 Å². The molecule has 0 N–H and O–H groups in total. The number of aromatic nitrogens is 2. The van der Waals surface area contributed by atoms with Crippen molar-refractivity contribution in [2.75, 3.05) is 23.5 Å². The van der Waals surface area contributed by atoms with Gasteiger partial charge in [-0.05, 0) is 69.5 Å². The number of benzene rings is 7. The monoisotopic (exact) mass is 929 g/mol. The number of hydrogen-bond donors (Lipinski definition) is 0. The van der Waals surface area contributed by atoms with Crippen LogP contribution >= 0.6 is 0 Å². The summed E-state index contributed by atoms with van der Waals surface area (Å²) in [4.78, 5) is 9.71. The van der Waals surface area contributed by atoms with Crippen LogP contribution in [0.25, 0.3) is 38.8 Å². The van der Waals surface area contributed by atoms with E-state index in [1.165, 1.54) is 27.9 Å². The minimum atomic E-state index is -0.759. The van der Waals surface area contributed by atoms with Gasteiger partial charge in [0.05, 0.1) is 18.0 Å². The fourth-order valence-corrected chi connectivity index (χ4v) is 9.05. The molecule has 0 fully saturated rings. The second kappa shape index (κ2) is 15.3. The van der Waals surface area contributed by atoms with Crippen molar-refractivity contribution in [2.45, 2.75) is 25.2 Å². The number of fused-ring (bicyclic) bond motifs is 4. The van der Waals surface area contributed by atoms with Gasteiger partial charge in [-0.3, -0.25) is 0 Å². The normalized spacial score (nSPS) is 12.6. The standard InChI is InChI=1S/C53H42N4.Pt/c1-37(2)44-23-10-11-24-45(44)38-31-32-54-52(33-38)57-48-26-13-12-25-46(48)47-30-29-42(35-51(47)57)53(39-17-6-4-7-18-39,40-19-8-5-9-20-40)41-21-16-22-43(34-41)56-36-55(3)49-27-14-15-28-50(49)56;/h4-33,37H,36H2,1-3H3;/q-2;+2. The summed E-state index contributed by atoms with van der Waals surface area (Å²) < 4.78 is 2.30. The van der Waals surface area contributed by atoms with Crippen molar-refractivity contribution >= 4 is 38.9 Å². The molecule has 0 radical (unpaired) electrons. The molecule has 9 aromatic rings. The predicted molar refractivity (Wildman–Crippen MR) is 236 cm³/mol. The Morgan fingerprint density at radius 3 is 2.02 bits per heavy atom. The average Bonchev–Trinajstić information content (AvgIpc) is 3.79. The zero-order valence-electron chi connectivity index (χ0n) is 32.7. The number of hydrogen-bond acceptors (Lipinski definition) is 3. The maximum absolute atomic E-state index is 5.06. The molecule has 0 unspecified atom stereocenters. The topological polar surface area (TPSA) is 24.3 Å². The van der Waals surface area contributed by atoms with Crippen molar-refractivity contribution in [1.82, 2.24) is 9.55 Å². The summed E-state index contributed by atoms with van der Waals surface area (Å²) in [6, 6.07) is 71.4. The van der Waals surface area contributed by atoms with E-state index in [2.05, 4.69) is 223 Å². The number of anilines is 3. The summed E-state index contributed by atoms with van der Waals surface area (Å²) >= 11 is 0. The first kappa shape index (κ1) is 37.4. The maximum atomic E-state index is 5.06. The molecule has 5 heteroatoms. The molecular formula is C53H42N4Pt. The molecule has 10 rings (SSSR count). The fourth-order valence-electron chi connectivity index (χ4n) is 9.05. The van der Waals surface area contributed by atoms with Crippen molar-refractivity contribution in [1.29, 1.82) is 0 Å². The van der Waals surface area contributed by atoms with E-state index in [1.54, 1.807) is 0 Å². The Labute approximate surface area is 355 Å². The van der Waals surface area contributed by atoms with Gasteiger partial charge >= 0.3 is 21.1 Å². The quantitative estimate of drug-likeness (QED) is 0.112. The van der Waals surface area contributed by atoms with Crippen LogP contribution in [0, 0.1) is 12.1 Å². The summed E-state index contributed by atoms with van der Waals surface area (Å²) in [6.45, 7) is 5.26. The van der Waals surface area contributed by atoms with Crippen LogP contribution in [0.15, 0.2) is 182 Å². The molecule has 4 nitrogen and oxygen atoms in total. The largest absolute Gasteiger partial charge is 2.00 e. The average molecular weight is 930 g/mol. The number of para-hydroxylation sites is 3. The van der Waals surface area contributed by atoms with E-state index >= 15 is 0 Å². The van der Waals surface area contributed by atoms with Gasteiger partial charge in [0.1, 0.15) is 5.82 Å². The van der Waals surface area contributed by atoms with Crippen LogP contribution < -0.4 is 9.80 Å². The maximum Gasteiger partial charge on any atom is 2.00 e. The van der Waals surface area contributed by atoms with E-state index in [1.807, 2.05) is 6.20 Å². The number of nitrogens with zero attached hydrogens (tertiary/aromatic N) is 4. The molecule has 0 amide bonds. The van der Waals surface area contributed by atoms with Crippen molar-refractivity contribution in [3.8, 4) is 16.9 Å². The first-order valence-electron chi connectivity index (χ1n) is 19.8. The van der Waals surface area contributed by atoms with E-state index in [4.69, 9.17) is 4.98 Å². The summed E-state index contributed by atoms with van der Waals surface area (Å²) in [7, 11) is 2.15. The third kappa shape index (κ3) is 6.06. The van der Waals surface area contributed by atoms with Crippen LogP contribution in [0.1, 0.15) is 47.6 Å². The third-order valence-corrected chi connectivity index (χ3v) is 11.7. The second-order valence-electron chi connectivity index (χ2n) is 15.3. The SMILES string of the molecule is CC(C)c1ccccc1-c1ccnc(-n2c3[c-]c(C(c4[c-]c(N5CN(C)c6ccccc65)ccc4)(c4ccccc4)c4ccccc4)ccc3c3ccccc32)c1.[Pt+2]. The molecule has 1 aliphatic rings. The summed E-state index contributed by atoms with van der Waals surface area (Å²) in [5, 5.41) is 2.30. The van der Waals surface area contributed by atoms with Crippen molar-refractivity contribution in [3.63, 3.8) is 0 Å². The van der Waals surface area contributed by atoms with Crippen LogP contribution in [-0.2, 0) is 26.5 Å². The first-order chi connectivity index (χ1) is 28.0.